The average molecular weight is 482 g/mol. The molecule has 0 aliphatic rings. The molecular formula is C26H20F3N2O2S-. The van der Waals surface area contributed by atoms with Gasteiger partial charge in [0.2, 0.25) is 5.91 Å². The second-order valence-corrected chi connectivity index (χ2v) is 8.33. The molecule has 0 saturated carbocycles. The molecule has 34 heavy (non-hydrogen) atoms. The number of thiophene rings is 1. The first kappa shape index (κ1) is 23.4. The van der Waals surface area contributed by atoms with Crippen molar-refractivity contribution in [3.63, 3.8) is 0 Å². The molecule has 0 radical (unpaired) electrons. The Labute approximate surface area is 199 Å². The number of halogens is 3. The van der Waals surface area contributed by atoms with Crippen molar-refractivity contribution in [2.75, 3.05) is 5.32 Å². The maximum atomic E-state index is 13.2. The summed E-state index contributed by atoms with van der Waals surface area (Å²) in [5, 5.41) is 8.97. The molecule has 174 valence electrons. The second kappa shape index (κ2) is 10.4. The smallest absolute Gasteiger partial charge is 0.416 e. The number of amides is 1. The number of alkyl halides is 3. The van der Waals surface area contributed by atoms with Crippen LogP contribution in [0.15, 0.2) is 96.4 Å². The quantitative estimate of drug-likeness (QED) is 0.280. The van der Waals surface area contributed by atoms with Crippen molar-refractivity contribution >= 4 is 28.6 Å². The lowest BCUT2D eigenvalue weighted by Crippen LogP contribution is -2.20. The van der Waals surface area contributed by atoms with Crippen LogP contribution < -0.4 is 10.1 Å². The van der Waals surface area contributed by atoms with Crippen LogP contribution >= 0.6 is 11.3 Å². The molecule has 4 aromatic rings. The van der Waals surface area contributed by atoms with E-state index >= 15 is 0 Å². The summed E-state index contributed by atoms with van der Waals surface area (Å²) in [6, 6.07) is 23.7. The first-order valence-corrected chi connectivity index (χ1v) is 11.3. The van der Waals surface area contributed by atoms with E-state index in [9.17, 15) is 18.0 Å². The van der Waals surface area contributed by atoms with Gasteiger partial charge in [0.25, 0.3) is 0 Å². The summed E-state index contributed by atoms with van der Waals surface area (Å²) in [6.45, 7) is 0.316. The summed E-state index contributed by atoms with van der Waals surface area (Å²) in [7, 11) is 0. The summed E-state index contributed by atoms with van der Waals surface area (Å²) in [6.07, 6.45) is -4.50. The molecule has 1 aromatic heterocycles. The zero-order valence-electron chi connectivity index (χ0n) is 17.8. The lowest BCUT2D eigenvalue weighted by molar-refractivity contribution is -0.137. The van der Waals surface area contributed by atoms with Crippen molar-refractivity contribution < 1.29 is 22.7 Å². The minimum Gasteiger partial charge on any atom is -0.670 e. The number of carbonyl (C=O) groups excluding carboxylic acids is 1. The fourth-order valence-electron chi connectivity index (χ4n) is 3.24. The Morgan fingerprint density at radius 2 is 1.71 bits per heavy atom. The van der Waals surface area contributed by atoms with Crippen LogP contribution in [0.5, 0.6) is 5.75 Å². The normalized spacial score (nSPS) is 12.1. The highest BCUT2D eigenvalue weighted by Gasteiger charge is 2.30. The van der Waals surface area contributed by atoms with Gasteiger partial charge in [-0.3, -0.25) is 4.79 Å². The third-order valence-corrected chi connectivity index (χ3v) is 5.82. The van der Waals surface area contributed by atoms with Crippen LogP contribution in [-0.2, 0) is 17.6 Å². The lowest BCUT2D eigenvalue weighted by atomic mass is 10.1. The summed E-state index contributed by atoms with van der Waals surface area (Å²) < 4.78 is 45.3. The molecule has 3 aromatic carbocycles. The number of hydrogen-bond donors (Lipinski definition) is 1. The SMILES string of the molecule is O=C(Nc1ccccc1OCc1ccccc1)C([N-]c1cccc(C(F)(F)F)c1)c1cccs1. The van der Waals surface area contributed by atoms with Crippen LogP contribution in [0.1, 0.15) is 22.0 Å². The molecule has 0 spiro atoms. The zero-order chi connectivity index (χ0) is 24.0. The highest BCUT2D eigenvalue weighted by Crippen LogP contribution is 2.38. The number of carbonyl (C=O) groups is 1. The largest absolute Gasteiger partial charge is 0.670 e. The van der Waals surface area contributed by atoms with Gasteiger partial charge in [0.1, 0.15) is 12.4 Å². The van der Waals surface area contributed by atoms with E-state index in [0.29, 0.717) is 22.9 Å². The number of nitrogens with zero attached hydrogens (tertiary/aromatic N) is 1. The minimum atomic E-state index is -4.50. The highest BCUT2D eigenvalue weighted by atomic mass is 32.1. The monoisotopic (exact) mass is 481 g/mol. The van der Waals surface area contributed by atoms with E-state index in [1.165, 1.54) is 23.5 Å². The molecule has 1 unspecified atom stereocenters. The number of para-hydroxylation sites is 2. The van der Waals surface area contributed by atoms with Crippen molar-refractivity contribution in [2.45, 2.75) is 18.8 Å². The lowest BCUT2D eigenvalue weighted by Gasteiger charge is -2.32. The van der Waals surface area contributed by atoms with Gasteiger partial charge in [-0.1, -0.05) is 72.8 Å². The molecule has 1 amide bonds. The summed E-state index contributed by atoms with van der Waals surface area (Å²) in [4.78, 5) is 13.9. The molecule has 1 atom stereocenters. The van der Waals surface area contributed by atoms with Crippen molar-refractivity contribution in [1.82, 2.24) is 0 Å². The van der Waals surface area contributed by atoms with Crippen LogP contribution in [0.4, 0.5) is 24.5 Å². The predicted molar refractivity (Wildman–Crippen MR) is 127 cm³/mol. The molecule has 0 aliphatic carbocycles. The van der Waals surface area contributed by atoms with Gasteiger partial charge in [-0.25, -0.2) is 0 Å². The molecule has 0 bridgehead atoms. The van der Waals surface area contributed by atoms with Crippen LogP contribution in [0.2, 0.25) is 0 Å². The Kier molecular flexibility index (Phi) is 7.18. The fraction of sp³-hybridized carbons (Fsp3) is 0.115. The summed E-state index contributed by atoms with van der Waals surface area (Å²) in [5.74, 6) is -0.000626. The van der Waals surface area contributed by atoms with E-state index in [2.05, 4.69) is 10.6 Å². The van der Waals surface area contributed by atoms with Crippen LogP contribution in [-0.4, -0.2) is 5.91 Å². The van der Waals surface area contributed by atoms with Crippen molar-refractivity contribution in [1.29, 1.82) is 0 Å². The molecule has 0 aliphatic heterocycles. The molecule has 1 heterocycles. The van der Waals surface area contributed by atoms with Crippen molar-refractivity contribution in [3.8, 4) is 5.75 Å². The third kappa shape index (κ3) is 5.96. The molecule has 0 saturated heterocycles. The minimum absolute atomic E-state index is 0.0667. The van der Waals surface area contributed by atoms with Crippen LogP contribution in [0, 0.1) is 0 Å². The highest BCUT2D eigenvalue weighted by molar-refractivity contribution is 7.10. The first-order chi connectivity index (χ1) is 16.4. The number of rotatable bonds is 8. The molecule has 4 rings (SSSR count). The van der Waals surface area contributed by atoms with E-state index in [0.717, 1.165) is 17.7 Å². The Morgan fingerprint density at radius 1 is 0.941 bits per heavy atom. The fourth-order valence-corrected chi connectivity index (χ4v) is 4.00. The van der Waals surface area contributed by atoms with E-state index in [1.54, 1.807) is 41.8 Å². The van der Waals surface area contributed by atoms with Crippen molar-refractivity contribution in [2.24, 2.45) is 0 Å². The van der Waals surface area contributed by atoms with Gasteiger partial charge in [0, 0.05) is 0 Å². The molecule has 4 nitrogen and oxygen atoms in total. The maximum Gasteiger partial charge on any atom is 0.416 e. The third-order valence-electron chi connectivity index (χ3n) is 4.89. The Bertz CT molecular complexity index is 1230. The predicted octanol–water partition coefficient (Wildman–Crippen LogP) is 7.73. The Balaban J connectivity index is 1.54. The Morgan fingerprint density at radius 3 is 2.44 bits per heavy atom. The molecule has 8 heteroatoms. The maximum absolute atomic E-state index is 13.2. The van der Waals surface area contributed by atoms with Gasteiger partial charge >= 0.3 is 6.18 Å². The standard InChI is InChI=1S/C26H20F3N2O2S/c27-26(28,29)19-10-6-11-20(16-19)30-24(23-14-7-15-34-23)25(32)31-21-12-4-5-13-22(21)33-17-18-8-2-1-3-9-18/h1-16,24H,17H2,(H,31,32)/q-1. The zero-order valence-corrected chi connectivity index (χ0v) is 18.6. The number of anilines is 1. The number of nitrogens with one attached hydrogen (secondary N) is 1. The Hall–Kier alpha value is -3.78. The molecular weight excluding hydrogens is 461 g/mol. The molecule has 0 fully saturated rings. The van der Waals surface area contributed by atoms with E-state index in [-0.39, 0.29) is 5.69 Å². The van der Waals surface area contributed by atoms with E-state index < -0.39 is 23.7 Å². The number of ether oxygens (including phenoxy) is 1. The average Bonchev–Trinajstić information content (AvgIpc) is 3.37. The van der Waals surface area contributed by atoms with E-state index in [1.807, 2.05) is 30.3 Å². The van der Waals surface area contributed by atoms with Gasteiger partial charge in [-0.2, -0.15) is 13.2 Å². The second-order valence-electron chi connectivity index (χ2n) is 7.35. The van der Waals surface area contributed by atoms with Crippen LogP contribution in [0.25, 0.3) is 5.32 Å². The summed E-state index contributed by atoms with van der Waals surface area (Å²) >= 11 is 1.30. The van der Waals surface area contributed by atoms with Gasteiger partial charge in [-0.05, 0) is 40.1 Å². The van der Waals surface area contributed by atoms with E-state index in [4.69, 9.17) is 4.74 Å². The van der Waals surface area contributed by atoms with Gasteiger partial charge in [-0.15, -0.1) is 17.0 Å². The van der Waals surface area contributed by atoms with Crippen LogP contribution in [0.3, 0.4) is 0 Å². The number of benzene rings is 3. The van der Waals surface area contributed by atoms with Gasteiger partial charge in [0.05, 0.1) is 11.3 Å². The number of hydrogen-bond acceptors (Lipinski definition) is 3. The van der Waals surface area contributed by atoms with Gasteiger partial charge < -0.3 is 15.4 Å². The van der Waals surface area contributed by atoms with Crippen molar-refractivity contribution in [3.05, 3.63) is 118 Å². The van der Waals surface area contributed by atoms with Gasteiger partial charge in [0.15, 0.2) is 0 Å². The summed E-state index contributed by atoms with van der Waals surface area (Å²) in [5.41, 5.74) is 0.666. The molecule has 1 N–H and O–H groups in total. The first-order valence-electron chi connectivity index (χ1n) is 10.4. The topological polar surface area (TPSA) is 52.4 Å².